The highest BCUT2D eigenvalue weighted by Crippen LogP contribution is 2.43. The molecule has 0 radical (unpaired) electrons. The Bertz CT molecular complexity index is 933. The topological polar surface area (TPSA) is 55.8 Å². The highest BCUT2D eigenvalue weighted by Gasteiger charge is 2.48. The zero-order valence-corrected chi connectivity index (χ0v) is 17.4. The first-order valence-electron chi connectivity index (χ1n) is 9.50. The molecule has 0 saturated carbocycles. The van der Waals surface area contributed by atoms with Crippen molar-refractivity contribution >= 4 is 17.7 Å². The smallest absolute Gasteiger partial charge is 0.414 e. The molecular weight excluding hydrogens is 373 g/mol. The summed E-state index contributed by atoms with van der Waals surface area (Å²) in [5, 5.41) is 0. The molecule has 1 heterocycles. The van der Waals surface area contributed by atoms with Gasteiger partial charge in [-0.1, -0.05) is 24.3 Å². The van der Waals surface area contributed by atoms with Gasteiger partial charge in [0, 0.05) is 6.54 Å². The van der Waals surface area contributed by atoms with Crippen molar-refractivity contribution in [3.63, 3.8) is 0 Å². The van der Waals surface area contributed by atoms with Crippen LogP contribution in [0.4, 0.5) is 14.9 Å². The molecule has 0 unspecified atom stereocenters. The molecule has 3 rings (SSSR count). The lowest BCUT2D eigenvalue weighted by Crippen LogP contribution is -2.42. The van der Waals surface area contributed by atoms with Gasteiger partial charge in [0.05, 0.1) is 12.8 Å². The van der Waals surface area contributed by atoms with E-state index in [4.69, 9.17) is 9.47 Å². The number of ether oxygens (including phenoxy) is 2. The molecule has 154 valence electrons. The van der Waals surface area contributed by atoms with Crippen molar-refractivity contribution in [2.24, 2.45) is 0 Å². The van der Waals surface area contributed by atoms with Crippen LogP contribution in [0.1, 0.15) is 44.4 Å². The SMILES string of the molecule is COC(=O)[C@@]1(C)CN(C(=O)OC(C)(C)C)c2cc(Cc3ccc(F)cc3)ccc21. The van der Waals surface area contributed by atoms with E-state index in [2.05, 4.69) is 0 Å². The monoisotopic (exact) mass is 399 g/mol. The quantitative estimate of drug-likeness (QED) is 0.708. The Morgan fingerprint density at radius 3 is 2.31 bits per heavy atom. The fourth-order valence-corrected chi connectivity index (χ4v) is 3.58. The fourth-order valence-electron chi connectivity index (χ4n) is 3.58. The Morgan fingerprint density at radius 1 is 1.10 bits per heavy atom. The Labute approximate surface area is 170 Å². The van der Waals surface area contributed by atoms with Crippen LogP contribution in [0.2, 0.25) is 0 Å². The molecule has 1 amide bonds. The number of esters is 1. The van der Waals surface area contributed by atoms with Crippen LogP contribution in [0, 0.1) is 5.82 Å². The lowest BCUT2D eigenvalue weighted by molar-refractivity contribution is -0.146. The second kappa shape index (κ2) is 7.50. The van der Waals surface area contributed by atoms with Gasteiger partial charge < -0.3 is 9.47 Å². The molecule has 0 N–H and O–H groups in total. The zero-order chi connectivity index (χ0) is 21.4. The minimum Gasteiger partial charge on any atom is -0.468 e. The fraction of sp³-hybridized carbons (Fsp3) is 0.391. The molecule has 1 atom stereocenters. The first-order chi connectivity index (χ1) is 13.5. The molecule has 5 nitrogen and oxygen atoms in total. The van der Waals surface area contributed by atoms with E-state index >= 15 is 0 Å². The van der Waals surface area contributed by atoms with Crippen LogP contribution in [0.25, 0.3) is 0 Å². The number of nitrogens with zero attached hydrogens (tertiary/aromatic N) is 1. The number of hydrogen-bond donors (Lipinski definition) is 0. The van der Waals surface area contributed by atoms with Gasteiger partial charge in [-0.25, -0.2) is 9.18 Å². The molecular formula is C23H26FNO4. The Kier molecular flexibility index (Phi) is 5.39. The molecule has 0 fully saturated rings. The van der Waals surface area contributed by atoms with Gasteiger partial charge in [-0.15, -0.1) is 0 Å². The lowest BCUT2D eigenvalue weighted by atomic mass is 9.84. The van der Waals surface area contributed by atoms with Crippen LogP contribution in [-0.4, -0.2) is 31.3 Å². The molecule has 29 heavy (non-hydrogen) atoms. The van der Waals surface area contributed by atoms with E-state index in [0.29, 0.717) is 12.1 Å². The summed E-state index contributed by atoms with van der Waals surface area (Å²) < 4.78 is 23.7. The maximum absolute atomic E-state index is 13.2. The van der Waals surface area contributed by atoms with Gasteiger partial charge in [0.2, 0.25) is 0 Å². The third kappa shape index (κ3) is 4.26. The molecule has 0 aromatic heterocycles. The van der Waals surface area contributed by atoms with E-state index in [1.807, 2.05) is 18.2 Å². The number of benzene rings is 2. The summed E-state index contributed by atoms with van der Waals surface area (Å²) in [5.41, 5.74) is 1.61. The summed E-state index contributed by atoms with van der Waals surface area (Å²) in [6, 6.07) is 12.0. The molecule has 2 aromatic rings. The molecule has 1 aliphatic rings. The number of anilines is 1. The summed E-state index contributed by atoms with van der Waals surface area (Å²) in [5.74, 6) is -0.691. The Hall–Kier alpha value is -2.89. The van der Waals surface area contributed by atoms with E-state index in [0.717, 1.165) is 16.7 Å². The average molecular weight is 399 g/mol. The van der Waals surface area contributed by atoms with Gasteiger partial charge in [0.25, 0.3) is 0 Å². The molecule has 6 heteroatoms. The third-order valence-electron chi connectivity index (χ3n) is 4.99. The normalized spacial score (nSPS) is 18.3. The number of halogens is 1. The van der Waals surface area contributed by atoms with Crippen molar-refractivity contribution in [1.29, 1.82) is 0 Å². The lowest BCUT2D eigenvalue weighted by Gasteiger charge is -2.26. The minimum atomic E-state index is -0.977. The number of fused-ring (bicyclic) bond motifs is 1. The van der Waals surface area contributed by atoms with Crippen LogP contribution < -0.4 is 4.90 Å². The minimum absolute atomic E-state index is 0.143. The highest BCUT2D eigenvalue weighted by atomic mass is 19.1. The maximum Gasteiger partial charge on any atom is 0.414 e. The van der Waals surface area contributed by atoms with Gasteiger partial charge >= 0.3 is 12.1 Å². The van der Waals surface area contributed by atoms with Gasteiger partial charge in [0.1, 0.15) is 16.8 Å². The highest BCUT2D eigenvalue weighted by molar-refractivity contribution is 5.98. The largest absolute Gasteiger partial charge is 0.468 e. The summed E-state index contributed by atoms with van der Waals surface area (Å²) in [6.45, 7) is 7.30. The van der Waals surface area contributed by atoms with Crippen molar-refractivity contribution in [3.8, 4) is 0 Å². The second-order valence-corrected chi connectivity index (χ2v) is 8.54. The van der Waals surface area contributed by atoms with Crippen molar-refractivity contribution in [1.82, 2.24) is 0 Å². The van der Waals surface area contributed by atoms with Gasteiger partial charge in [-0.05, 0) is 69.0 Å². The molecule has 0 saturated heterocycles. The van der Waals surface area contributed by atoms with Crippen LogP contribution in [0.15, 0.2) is 42.5 Å². The molecule has 1 aliphatic heterocycles. The van der Waals surface area contributed by atoms with E-state index in [9.17, 15) is 14.0 Å². The van der Waals surface area contributed by atoms with Crippen molar-refractivity contribution in [2.45, 2.75) is 45.1 Å². The van der Waals surface area contributed by atoms with E-state index in [-0.39, 0.29) is 12.4 Å². The van der Waals surface area contributed by atoms with Crippen LogP contribution in [0.3, 0.4) is 0 Å². The standard InChI is InChI=1S/C23H26FNO4/c1-22(2,3)29-21(27)25-14-23(4,20(26)28-5)18-11-8-16(13-19(18)25)12-15-6-9-17(24)10-7-15/h6-11,13H,12,14H2,1-5H3/t23-/m0/s1. The van der Waals surface area contributed by atoms with E-state index in [1.165, 1.54) is 24.1 Å². The summed E-state index contributed by atoms with van der Waals surface area (Å²) in [4.78, 5) is 26.9. The average Bonchev–Trinajstić information content (AvgIpc) is 2.95. The van der Waals surface area contributed by atoms with Crippen LogP contribution in [-0.2, 0) is 26.1 Å². The summed E-state index contributed by atoms with van der Waals surface area (Å²) in [7, 11) is 1.34. The number of rotatable bonds is 3. The number of amides is 1. The van der Waals surface area contributed by atoms with Crippen molar-refractivity contribution in [2.75, 3.05) is 18.6 Å². The molecule has 0 aliphatic carbocycles. The van der Waals surface area contributed by atoms with Gasteiger partial charge in [-0.3, -0.25) is 9.69 Å². The predicted molar refractivity (Wildman–Crippen MR) is 109 cm³/mol. The Morgan fingerprint density at radius 2 is 1.72 bits per heavy atom. The summed E-state index contributed by atoms with van der Waals surface area (Å²) in [6.07, 6.45) is 0.0651. The van der Waals surface area contributed by atoms with Gasteiger partial charge in [-0.2, -0.15) is 0 Å². The van der Waals surface area contributed by atoms with Crippen LogP contribution >= 0.6 is 0 Å². The maximum atomic E-state index is 13.2. The van der Waals surface area contributed by atoms with E-state index < -0.39 is 23.1 Å². The van der Waals surface area contributed by atoms with Crippen LogP contribution in [0.5, 0.6) is 0 Å². The molecule has 2 aromatic carbocycles. The first-order valence-corrected chi connectivity index (χ1v) is 9.50. The van der Waals surface area contributed by atoms with E-state index in [1.54, 1.807) is 39.8 Å². The van der Waals surface area contributed by atoms with Crippen molar-refractivity contribution in [3.05, 3.63) is 65.0 Å². The van der Waals surface area contributed by atoms with Crippen molar-refractivity contribution < 1.29 is 23.5 Å². The first kappa shape index (κ1) is 20.8. The zero-order valence-electron chi connectivity index (χ0n) is 17.4. The second-order valence-electron chi connectivity index (χ2n) is 8.54. The third-order valence-corrected chi connectivity index (χ3v) is 4.99. The Balaban J connectivity index is 1.99. The predicted octanol–water partition coefficient (Wildman–Crippen LogP) is 4.60. The molecule has 0 bridgehead atoms. The summed E-state index contributed by atoms with van der Waals surface area (Å²) >= 11 is 0. The van der Waals surface area contributed by atoms with Gasteiger partial charge in [0.15, 0.2) is 0 Å². The molecule has 0 spiro atoms. The number of carbonyl (C=O) groups excluding carboxylic acids is 2. The number of methoxy groups -OCH3 is 1. The number of carbonyl (C=O) groups is 2. The number of hydrogen-bond acceptors (Lipinski definition) is 4.